The second-order valence-corrected chi connectivity index (χ2v) is 4.67. The molecule has 0 saturated carbocycles. The average Bonchev–Trinajstić information content (AvgIpc) is 2.42. The minimum Gasteiger partial charge on any atom is -0.495 e. The predicted molar refractivity (Wildman–Crippen MR) is 80.2 cm³/mol. The zero-order chi connectivity index (χ0) is 14.5. The molecule has 2 aromatic rings. The van der Waals surface area contributed by atoms with Crippen molar-refractivity contribution in [3.8, 4) is 5.75 Å². The number of halogens is 1. The summed E-state index contributed by atoms with van der Waals surface area (Å²) in [7, 11) is 1.63. The monoisotopic (exact) mass is 274 g/mol. The van der Waals surface area contributed by atoms with Crippen molar-refractivity contribution in [2.24, 2.45) is 5.73 Å². The number of hydrogen-bond donors (Lipinski definition) is 2. The summed E-state index contributed by atoms with van der Waals surface area (Å²) in [5.41, 5.74) is 9.26. The SMILES string of the molecule is COc1ccc(C)cc1Nc1ccc(F)cc1CCN. The Morgan fingerprint density at radius 2 is 1.95 bits per heavy atom. The number of nitrogens with two attached hydrogens (primary N) is 1. The van der Waals surface area contributed by atoms with Gasteiger partial charge in [0.05, 0.1) is 12.8 Å². The molecule has 0 aromatic heterocycles. The fourth-order valence-electron chi connectivity index (χ4n) is 2.11. The van der Waals surface area contributed by atoms with Crippen LogP contribution in [0.25, 0.3) is 0 Å². The third kappa shape index (κ3) is 3.27. The molecule has 2 rings (SSSR count). The number of anilines is 2. The Hall–Kier alpha value is -2.07. The van der Waals surface area contributed by atoms with Crippen molar-refractivity contribution in [1.29, 1.82) is 0 Å². The van der Waals surface area contributed by atoms with Gasteiger partial charge in [-0.1, -0.05) is 6.07 Å². The van der Waals surface area contributed by atoms with Gasteiger partial charge in [0.15, 0.2) is 0 Å². The van der Waals surface area contributed by atoms with Gasteiger partial charge in [0.1, 0.15) is 11.6 Å². The minimum absolute atomic E-state index is 0.254. The molecule has 4 heteroatoms. The van der Waals surface area contributed by atoms with Crippen LogP contribution in [0.4, 0.5) is 15.8 Å². The molecule has 0 bridgehead atoms. The molecular formula is C16H19FN2O. The molecule has 0 saturated heterocycles. The fraction of sp³-hybridized carbons (Fsp3) is 0.250. The van der Waals surface area contributed by atoms with E-state index in [0.717, 1.165) is 28.3 Å². The Bertz CT molecular complexity index is 599. The van der Waals surface area contributed by atoms with E-state index in [1.165, 1.54) is 12.1 Å². The molecule has 0 aliphatic rings. The summed E-state index contributed by atoms with van der Waals surface area (Å²) in [6, 6.07) is 10.6. The standard InChI is InChI=1S/C16H19FN2O/c1-11-3-6-16(20-2)15(9-11)19-14-5-4-13(17)10-12(14)7-8-18/h3-6,9-10,19H,7-8,18H2,1-2H3. The van der Waals surface area contributed by atoms with E-state index in [2.05, 4.69) is 5.32 Å². The molecule has 0 spiro atoms. The van der Waals surface area contributed by atoms with Crippen LogP contribution in [0.5, 0.6) is 5.75 Å². The largest absolute Gasteiger partial charge is 0.495 e. The second kappa shape index (κ2) is 6.39. The number of nitrogens with one attached hydrogen (secondary N) is 1. The number of ether oxygens (including phenoxy) is 1. The molecule has 0 heterocycles. The minimum atomic E-state index is -0.254. The molecule has 0 aliphatic carbocycles. The summed E-state index contributed by atoms with van der Waals surface area (Å²) < 4.78 is 18.7. The average molecular weight is 274 g/mol. The zero-order valence-electron chi connectivity index (χ0n) is 11.7. The quantitative estimate of drug-likeness (QED) is 0.878. The first-order valence-electron chi connectivity index (χ1n) is 6.54. The maximum Gasteiger partial charge on any atom is 0.142 e. The number of benzene rings is 2. The van der Waals surface area contributed by atoms with E-state index in [0.29, 0.717) is 13.0 Å². The van der Waals surface area contributed by atoms with Gasteiger partial charge in [-0.3, -0.25) is 0 Å². The van der Waals surface area contributed by atoms with Gasteiger partial charge in [0.25, 0.3) is 0 Å². The van der Waals surface area contributed by atoms with Crippen LogP contribution in [-0.2, 0) is 6.42 Å². The lowest BCUT2D eigenvalue weighted by Crippen LogP contribution is -2.06. The first-order chi connectivity index (χ1) is 9.63. The number of hydrogen-bond acceptors (Lipinski definition) is 3. The Labute approximate surface area is 118 Å². The van der Waals surface area contributed by atoms with Crippen molar-refractivity contribution in [1.82, 2.24) is 0 Å². The molecule has 3 nitrogen and oxygen atoms in total. The van der Waals surface area contributed by atoms with Crippen LogP contribution in [0.15, 0.2) is 36.4 Å². The van der Waals surface area contributed by atoms with Crippen LogP contribution in [0.3, 0.4) is 0 Å². The number of rotatable bonds is 5. The summed E-state index contributed by atoms with van der Waals surface area (Å²) in [6.07, 6.45) is 0.619. The smallest absolute Gasteiger partial charge is 0.142 e. The lowest BCUT2D eigenvalue weighted by Gasteiger charge is -2.15. The second-order valence-electron chi connectivity index (χ2n) is 4.67. The lowest BCUT2D eigenvalue weighted by molar-refractivity contribution is 0.416. The molecule has 0 aliphatic heterocycles. The van der Waals surface area contributed by atoms with E-state index in [4.69, 9.17) is 10.5 Å². The fourth-order valence-corrected chi connectivity index (χ4v) is 2.11. The van der Waals surface area contributed by atoms with Gasteiger partial charge in [0.2, 0.25) is 0 Å². The molecule has 0 radical (unpaired) electrons. The van der Waals surface area contributed by atoms with Crippen LogP contribution >= 0.6 is 0 Å². The molecule has 0 fully saturated rings. The maximum atomic E-state index is 13.3. The van der Waals surface area contributed by atoms with Crippen molar-refractivity contribution in [3.05, 3.63) is 53.3 Å². The van der Waals surface area contributed by atoms with E-state index >= 15 is 0 Å². The number of aryl methyl sites for hydroxylation is 1. The highest BCUT2D eigenvalue weighted by atomic mass is 19.1. The van der Waals surface area contributed by atoms with Crippen molar-refractivity contribution in [2.75, 3.05) is 19.0 Å². The Balaban J connectivity index is 2.36. The van der Waals surface area contributed by atoms with E-state index in [9.17, 15) is 4.39 Å². The summed E-state index contributed by atoms with van der Waals surface area (Å²) >= 11 is 0. The molecule has 2 aromatic carbocycles. The van der Waals surface area contributed by atoms with Gasteiger partial charge >= 0.3 is 0 Å². The third-order valence-corrected chi connectivity index (χ3v) is 3.11. The van der Waals surface area contributed by atoms with Crippen molar-refractivity contribution in [3.63, 3.8) is 0 Å². The molecule has 0 atom stereocenters. The van der Waals surface area contributed by atoms with E-state index in [1.807, 2.05) is 25.1 Å². The van der Waals surface area contributed by atoms with E-state index in [1.54, 1.807) is 13.2 Å². The highest BCUT2D eigenvalue weighted by Gasteiger charge is 2.08. The molecule has 0 amide bonds. The zero-order valence-corrected chi connectivity index (χ0v) is 11.7. The van der Waals surface area contributed by atoms with Gasteiger partial charge in [-0.25, -0.2) is 4.39 Å². The first kappa shape index (κ1) is 14.3. The van der Waals surface area contributed by atoms with Crippen molar-refractivity contribution >= 4 is 11.4 Å². The third-order valence-electron chi connectivity index (χ3n) is 3.11. The van der Waals surface area contributed by atoms with Crippen LogP contribution < -0.4 is 15.8 Å². The molecular weight excluding hydrogens is 255 g/mol. The van der Waals surface area contributed by atoms with E-state index < -0.39 is 0 Å². The summed E-state index contributed by atoms with van der Waals surface area (Å²) in [6.45, 7) is 2.49. The number of methoxy groups -OCH3 is 1. The highest BCUT2D eigenvalue weighted by molar-refractivity contribution is 5.69. The topological polar surface area (TPSA) is 47.3 Å². The Morgan fingerprint density at radius 3 is 2.65 bits per heavy atom. The van der Waals surface area contributed by atoms with Crippen molar-refractivity contribution in [2.45, 2.75) is 13.3 Å². The maximum absolute atomic E-state index is 13.3. The van der Waals surface area contributed by atoms with Gasteiger partial charge < -0.3 is 15.8 Å². The Morgan fingerprint density at radius 1 is 1.15 bits per heavy atom. The predicted octanol–water partition coefficient (Wildman–Crippen LogP) is 3.39. The summed E-state index contributed by atoms with van der Waals surface area (Å²) in [5, 5.41) is 3.30. The molecule has 20 heavy (non-hydrogen) atoms. The molecule has 3 N–H and O–H groups in total. The van der Waals surface area contributed by atoms with Gasteiger partial charge in [-0.2, -0.15) is 0 Å². The summed E-state index contributed by atoms with van der Waals surface area (Å²) in [4.78, 5) is 0. The highest BCUT2D eigenvalue weighted by Crippen LogP contribution is 2.30. The van der Waals surface area contributed by atoms with Gasteiger partial charge in [-0.15, -0.1) is 0 Å². The first-order valence-corrected chi connectivity index (χ1v) is 6.54. The van der Waals surface area contributed by atoms with E-state index in [-0.39, 0.29) is 5.82 Å². The van der Waals surface area contributed by atoms with Crippen LogP contribution in [0.2, 0.25) is 0 Å². The van der Waals surface area contributed by atoms with Crippen LogP contribution in [0.1, 0.15) is 11.1 Å². The Kier molecular flexibility index (Phi) is 4.58. The molecule has 106 valence electrons. The summed E-state index contributed by atoms with van der Waals surface area (Å²) in [5.74, 6) is 0.494. The van der Waals surface area contributed by atoms with Crippen molar-refractivity contribution < 1.29 is 9.13 Å². The molecule has 0 unspecified atom stereocenters. The normalized spacial score (nSPS) is 10.4. The van der Waals surface area contributed by atoms with Crippen LogP contribution in [-0.4, -0.2) is 13.7 Å². The van der Waals surface area contributed by atoms with Gasteiger partial charge in [-0.05, 0) is 61.3 Å². The van der Waals surface area contributed by atoms with Gasteiger partial charge in [0, 0.05) is 5.69 Å². The van der Waals surface area contributed by atoms with Crippen LogP contribution in [0, 0.1) is 12.7 Å². The lowest BCUT2D eigenvalue weighted by atomic mass is 10.1.